The van der Waals surface area contributed by atoms with E-state index in [2.05, 4.69) is 5.32 Å². The second-order valence-corrected chi connectivity index (χ2v) is 7.71. The number of anilines is 1. The number of aryl methyl sites for hydroxylation is 1. The molecular formula is C24H24N2O4. The minimum Gasteiger partial charge on any atom is -0.464 e. The zero-order valence-corrected chi connectivity index (χ0v) is 16.7. The molecule has 6 heteroatoms. The highest BCUT2D eigenvalue weighted by atomic mass is 16.3. The van der Waals surface area contributed by atoms with Crippen LogP contribution in [0, 0.1) is 12.8 Å². The van der Waals surface area contributed by atoms with Gasteiger partial charge in [-0.05, 0) is 49.7 Å². The van der Waals surface area contributed by atoms with Crippen LogP contribution in [-0.4, -0.2) is 41.0 Å². The second kappa shape index (κ2) is 8.55. The fraction of sp³-hybridized carbons (Fsp3) is 0.250. The van der Waals surface area contributed by atoms with Gasteiger partial charge in [0.1, 0.15) is 5.76 Å². The van der Waals surface area contributed by atoms with Gasteiger partial charge in [0.05, 0.1) is 18.3 Å². The number of carbonyl (C=O) groups is 2. The number of rotatable bonds is 4. The van der Waals surface area contributed by atoms with Gasteiger partial charge in [-0.3, -0.25) is 9.59 Å². The van der Waals surface area contributed by atoms with Crippen molar-refractivity contribution in [2.75, 3.05) is 18.4 Å². The molecular weight excluding hydrogens is 380 g/mol. The summed E-state index contributed by atoms with van der Waals surface area (Å²) in [4.78, 5) is 27.4. The van der Waals surface area contributed by atoms with Gasteiger partial charge in [0.25, 0.3) is 5.91 Å². The third-order valence-corrected chi connectivity index (χ3v) is 5.32. The van der Waals surface area contributed by atoms with Crippen LogP contribution in [0.15, 0.2) is 71.3 Å². The second-order valence-electron chi connectivity index (χ2n) is 7.71. The fourth-order valence-corrected chi connectivity index (χ4v) is 3.74. The molecule has 3 aromatic rings. The van der Waals surface area contributed by atoms with E-state index >= 15 is 0 Å². The van der Waals surface area contributed by atoms with E-state index in [4.69, 9.17) is 4.42 Å². The summed E-state index contributed by atoms with van der Waals surface area (Å²) in [5.41, 5.74) is 3.11. The number of piperidine rings is 1. The van der Waals surface area contributed by atoms with Crippen LogP contribution >= 0.6 is 0 Å². The first-order valence-electron chi connectivity index (χ1n) is 9.98. The highest BCUT2D eigenvalue weighted by Gasteiger charge is 2.33. The third-order valence-electron chi connectivity index (χ3n) is 5.32. The van der Waals surface area contributed by atoms with Crippen LogP contribution < -0.4 is 5.32 Å². The number of likely N-dealkylation sites (tertiary alicyclic amines) is 1. The number of amides is 2. The van der Waals surface area contributed by atoms with Crippen LogP contribution in [-0.2, 0) is 4.79 Å². The minimum absolute atomic E-state index is 0.195. The van der Waals surface area contributed by atoms with E-state index in [-0.39, 0.29) is 24.9 Å². The van der Waals surface area contributed by atoms with Crippen molar-refractivity contribution in [1.82, 2.24) is 4.90 Å². The normalized spacial score (nSPS) is 18.8. The van der Waals surface area contributed by atoms with E-state index in [1.807, 2.05) is 43.3 Å². The minimum atomic E-state index is -0.746. The quantitative estimate of drug-likeness (QED) is 0.694. The van der Waals surface area contributed by atoms with Crippen molar-refractivity contribution in [3.05, 3.63) is 78.1 Å². The number of nitrogens with one attached hydrogen (secondary N) is 1. The molecule has 2 unspecified atom stereocenters. The third kappa shape index (κ3) is 4.44. The molecule has 0 bridgehead atoms. The Morgan fingerprint density at radius 3 is 2.60 bits per heavy atom. The zero-order valence-electron chi connectivity index (χ0n) is 16.7. The number of aliphatic hydroxyl groups is 1. The molecule has 0 spiro atoms. The van der Waals surface area contributed by atoms with Gasteiger partial charge in [0.2, 0.25) is 5.91 Å². The monoisotopic (exact) mass is 404 g/mol. The van der Waals surface area contributed by atoms with Gasteiger partial charge in [-0.1, -0.05) is 29.8 Å². The lowest BCUT2D eigenvalue weighted by molar-refractivity contribution is -0.122. The summed E-state index contributed by atoms with van der Waals surface area (Å²) in [5.74, 6) is -0.207. The SMILES string of the molecule is Cc1ccc(NC(=O)C2CC(O)CN(C(=O)c3cccc(-c4ccco4)c3)C2)cc1. The fourth-order valence-electron chi connectivity index (χ4n) is 3.74. The summed E-state index contributed by atoms with van der Waals surface area (Å²) in [7, 11) is 0. The lowest BCUT2D eigenvalue weighted by Crippen LogP contribution is -2.49. The molecule has 30 heavy (non-hydrogen) atoms. The molecule has 2 heterocycles. The average molecular weight is 404 g/mol. The first kappa shape index (κ1) is 19.9. The first-order chi connectivity index (χ1) is 14.5. The van der Waals surface area contributed by atoms with Crippen LogP contribution in [0.3, 0.4) is 0 Å². The molecule has 4 rings (SSSR count). The molecule has 2 aromatic carbocycles. The Labute approximate surface area is 175 Å². The summed E-state index contributed by atoms with van der Waals surface area (Å²) in [6.07, 6.45) is 1.17. The Hall–Kier alpha value is -3.38. The Bertz CT molecular complexity index is 1030. The largest absolute Gasteiger partial charge is 0.464 e. The average Bonchev–Trinajstić information content (AvgIpc) is 3.29. The standard InChI is InChI=1S/C24H24N2O4/c1-16-7-9-20(10-8-16)25-23(28)19-13-21(27)15-26(14-19)24(29)18-5-2-4-17(12-18)22-6-3-11-30-22/h2-12,19,21,27H,13-15H2,1H3,(H,25,28). The molecule has 2 amide bonds. The van der Waals surface area contributed by atoms with Crippen molar-refractivity contribution in [3.63, 3.8) is 0 Å². The zero-order chi connectivity index (χ0) is 21.1. The van der Waals surface area contributed by atoms with Gasteiger partial charge in [0.15, 0.2) is 0 Å². The maximum atomic E-state index is 13.1. The van der Waals surface area contributed by atoms with Crippen molar-refractivity contribution >= 4 is 17.5 Å². The summed E-state index contributed by atoms with van der Waals surface area (Å²) < 4.78 is 5.41. The molecule has 1 aliphatic rings. The number of furan rings is 1. The number of benzene rings is 2. The molecule has 2 atom stereocenters. The first-order valence-corrected chi connectivity index (χ1v) is 9.98. The van der Waals surface area contributed by atoms with Crippen molar-refractivity contribution in [1.29, 1.82) is 0 Å². The highest BCUT2D eigenvalue weighted by Crippen LogP contribution is 2.24. The molecule has 0 aliphatic carbocycles. The predicted octanol–water partition coefficient (Wildman–Crippen LogP) is 3.72. The van der Waals surface area contributed by atoms with Crippen molar-refractivity contribution < 1.29 is 19.1 Å². The summed E-state index contributed by atoms with van der Waals surface area (Å²) in [6, 6.07) is 18.3. The Balaban J connectivity index is 1.47. The van der Waals surface area contributed by atoms with E-state index in [0.717, 1.165) is 11.1 Å². The Morgan fingerprint density at radius 2 is 1.87 bits per heavy atom. The number of hydrogen-bond acceptors (Lipinski definition) is 4. The number of hydrogen-bond donors (Lipinski definition) is 2. The molecule has 2 N–H and O–H groups in total. The molecule has 0 saturated carbocycles. The van der Waals surface area contributed by atoms with Crippen LogP contribution in [0.1, 0.15) is 22.3 Å². The van der Waals surface area contributed by atoms with E-state index in [9.17, 15) is 14.7 Å². The smallest absolute Gasteiger partial charge is 0.253 e. The molecule has 1 aliphatic heterocycles. The molecule has 1 saturated heterocycles. The van der Waals surface area contributed by atoms with Gasteiger partial charge in [-0.2, -0.15) is 0 Å². The van der Waals surface area contributed by atoms with Crippen LogP contribution in [0.2, 0.25) is 0 Å². The topological polar surface area (TPSA) is 82.8 Å². The van der Waals surface area contributed by atoms with Crippen LogP contribution in [0.5, 0.6) is 0 Å². The van der Waals surface area contributed by atoms with Gasteiger partial charge in [-0.15, -0.1) is 0 Å². The van der Waals surface area contributed by atoms with Crippen molar-refractivity contribution in [2.24, 2.45) is 5.92 Å². The van der Waals surface area contributed by atoms with Gasteiger partial charge in [0, 0.05) is 29.9 Å². The van der Waals surface area contributed by atoms with Crippen LogP contribution in [0.25, 0.3) is 11.3 Å². The number of nitrogens with zero attached hydrogens (tertiary/aromatic N) is 1. The van der Waals surface area contributed by atoms with Gasteiger partial charge in [-0.25, -0.2) is 0 Å². The molecule has 6 nitrogen and oxygen atoms in total. The molecule has 154 valence electrons. The molecule has 0 radical (unpaired) electrons. The lowest BCUT2D eigenvalue weighted by atomic mass is 9.94. The summed E-state index contributed by atoms with van der Waals surface area (Å²) in [5, 5.41) is 13.2. The number of carbonyl (C=O) groups excluding carboxylic acids is 2. The Kier molecular flexibility index (Phi) is 5.68. The van der Waals surface area contributed by atoms with E-state index in [1.165, 1.54) is 0 Å². The molecule has 1 aromatic heterocycles. The van der Waals surface area contributed by atoms with Crippen molar-refractivity contribution in [2.45, 2.75) is 19.4 Å². The molecule has 1 fully saturated rings. The lowest BCUT2D eigenvalue weighted by Gasteiger charge is -2.35. The Morgan fingerprint density at radius 1 is 1.07 bits per heavy atom. The maximum absolute atomic E-state index is 13.1. The highest BCUT2D eigenvalue weighted by molar-refractivity contribution is 5.97. The van der Waals surface area contributed by atoms with Gasteiger partial charge >= 0.3 is 0 Å². The number of β-amino-alcohol motifs (C(OH)–C–C–N with tert-alkyl or cyclic N) is 1. The summed E-state index contributed by atoms with van der Waals surface area (Å²) >= 11 is 0. The van der Waals surface area contributed by atoms with E-state index in [0.29, 0.717) is 23.4 Å². The van der Waals surface area contributed by atoms with Crippen molar-refractivity contribution in [3.8, 4) is 11.3 Å². The van der Waals surface area contributed by atoms with Gasteiger partial charge < -0.3 is 19.7 Å². The predicted molar refractivity (Wildman–Crippen MR) is 114 cm³/mol. The van der Waals surface area contributed by atoms with E-state index < -0.39 is 12.0 Å². The number of aliphatic hydroxyl groups excluding tert-OH is 1. The maximum Gasteiger partial charge on any atom is 0.253 e. The van der Waals surface area contributed by atoms with Crippen LogP contribution in [0.4, 0.5) is 5.69 Å². The summed E-state index contributed by atoms with van der Waals surface area (Å²) in [6.45, 7) is 2.45. The van der Waals surface area contributed by atoms with E-state index in [1.54, 1.807) is 35.4 Å².